The lowest BCUT2D eigenvalue weighted by Crippen LogP contribution is -2.81. The molecular weight excluding hydrogens is 284 g/mol. The van der Waals surface area contributed by atoms with Crippen molar-refractivity contribution in [1.82, 2.24) is 10.6 Å². The SMILES string of the molecule is C=C1CCOC2(C(=O)[C@@](C)(O)CO)NC(=O)[C@@]1(O)NC2=O. The van der Waals surface area contributed by atoms with Crippen LogP contribution in [0.5, 0.6) is 0 Å². The number of carbonyl (C=O) groups excluding carboxylic acids is 3. The molecule has 3 saturated heterocycles. The molecule has 5 N–H and O–H groups in total. The Balaban J connectivity index is 2.50. The Labute approximate surface area is 119 Å². The van der Waals surface area contributed by atoms with Crippen LogP contribution in [0.4, 0.5) is 0 Å². The van der Waals surface area contributed by atoms with Crippen molar-refractivity contribution in [3.63, 3.8) is 0 Å². The monoisotopic (exact) mass is 300 g/mol. The number of fused-ring (bicyclic) bond motifs is 5. The summed E-state index contributed by atoms with van der Waals surface area (Å²) in [6.45, 7) is 3.31. The summed E-state index contributed by atoms with van der Waals surface area (Å²) in [6.07, 6.45) is 0.0144. The second kappa shape index (κ2) is 4.60. The topological polar surface area (TPSA) is 145 Å². The quantitative estimate of drug-likeness (QED) is 0.274. The number of piperazine rings is 1. The zero-order valence-electron chi connectivity index (χ0n) is 11.3. The third-order valence-electron chi connectivity index (χ3n) is 3.58. The van der Waals surface area contributed by atoms with Gasteiger partial charge in [-0.2, -0.15) is 0 Å². The lowest BCUT2D eigenvalue weighted by Gasteiger charge is -2.46. The zero-order valence-corrected chi connectivity index (χ0v) is 11.3. The van der Waals surface area contributed by atoms with Crippen LogP contribution in [0.3, 0.4) is 0 Å². The van der Waals surface area contributed by atoms with Crippen LogP contribution < -0.4 is 10.6 Å². The molecule has 21 heavy (non-hydrogen) atoms. The van der Waals surface area contributed by atoms with Crippen molar-refractivity contribution in [3.05, 3.63) is 12.2 Å². The fourth-order valence-electron chi connectivity index (χ4n) is 2.15. The van der Waals surface area contributed by atoms with Gasteiger partial charge in [-0.25, -0.2) is 0 Å². The van der Waals surface area contributed by atoms with Crippen molar-refractivity contribution < 1.29 is 34.4 Å². The van der Waals surface area contributed by atoms with Gasteiger partial charge in [0.15, 0.2) is 0 Å². The van der Waals surface area contributed by atoms with Gasteiger partial charge < -0.3 is 30.7 Å². The largest absolute Gasteiger partial charge is 0.393 e. The van der Waals surface area contributed by atoms with Gasteiger partial charge in [0.05, 0.1) is 13.2 Å². The van der Waals surface area contributed by atoms with Gasteiger partial charge >= 0.3 is 0 Å². The van der Waals surface area contributed by atoms with E-state index in [9.17, 15) is 24.6 Å². The second-order valence-corrected chi connectivity index (χ2v) is 5.26. The van der Waals surface area contributed by atoms with Crippen LogP contribution in [-0.2, 0) is 19.1 Å². The smallest absolute Gasteiger partial charge is 0.285 e. The van der Waals surface area contributed by atoms with E-state index in [4.69, 9.17) is 9.84 Å². The van der Waals surface area contributed by atoms with E-state index >= 15 is 0 Å². The second-order valence-electron chi connectivity index (χ2n) is 5.26. The summed E-state index contributed by atoms with van der Waals surface area (Å²) in [6, 6.07) is 0. The molecule has 0 aromatic heterocycles. The number of aliphatic hydroxyl groups excluding tert-OH is 1. The molecule has 3 atom stereocenters. The molecule has 1 unspecified atom stereocenters. The summed E-state index contributed by atoms with van der Waals surface area (Å²) in [5.41, 5.74) is -7.15. The van der Waals surface area contributed by atoms with E-state index in [-0.39, 0.29) is 18.6 Å². The molecule has 3 aliphatic heterocycles. The summed E-state index contributed by atoms with van der Waals surface area (Å²) in [7, 11) is 0. The third-order valence-corrected chi connectivity index (χ3v) is 3.58. The molecule has 116 valence electrons. The van der Waals surface area contributed by atoms with Crippen molar-refractivity contribution >= 4 is 17.6 Å². The maximum atomic E-state index is 12.3. The number of hydrogen-bond donors (Lipinski definition) is 5. The fourth-order valence-corrected chi connectivity index (χ4v) is 2.15. The molecule has 3 rings (SSSR count). The maximum absolute atomic E-state index is 12.3. The minimum absolute atomic E-state index is 0.00279. The van der Waals surface area contributed by atoms with Crippen LogP contribution in [0.2, 0.25) is 0 Å². The first kappa shape index (κ1) is 15.6. The van der Waals surface area contributed by atoms with Gasteiger partial charge in [-0.1, -0.05) is 6.58 Å². The first-order chi connectivity index (χ1) is 9.60. The molecule has 9 heteroatoms. The zero-order chi connectivity index (χ0) is 16.1. The highest BCUT2D eigenvalue weighted by Gasteiger charge is 2.63. The molecule has 0 aliphatic carbocycles. The van der Waals surface area contributed by atoms with Crippen LogP contribution in [0.25, 0.3) is 0 Å². The van der Waals surface area contributed by atoms with Crippen LogP contribution in [0.1, 0.15) is 13.3 Å². The molecule has 3 aliphatic rings. The van der Waals surface area contributed by atoms with Crippen LogP contribution >= 0.6 is 0 Å². The summed E-state index contributed by atoms with van der Waals surface area (Å²) < 4.78 is 5.17. The Kier molecular flexibility index (Phi) is 3.41. The average Bonchev–Trinajstić information content (AvgIpc) is 2.42. The minimum atomic E-state index is -2.50. The first-order valence-corrected chi connectivity index (χ1v) is 6.18. The molecule has 0 aromatic rings. The number of amides is 2. The van der Waals surface area contributed by atoms with Gasteiger partial charge in [-0.15, -0.1) is 0 Å². The molecule has 2 bridgehead atoms. The van der Waals surface area contributed by atoms with Crippen molar-refractivity contribution in [3.8, 4) is 0 Å². The number of carbonyl (C=O) groups is 3. The summed E-state index contributed by atoms with van der Waals surface area (Å²) >= 11 is 0. The van der Waals surface area contributed by atoms with Gasteiger partial charge in [0.1, 0.15) is 5.60 Å². The molecule has 0 spiro atoms. The number of ether oxygens (including phenoxy) is 1. The number of rotatable bonds is 3. The van der Waals surface area contributed by atoms with E-state index in [2.05, 4.69) is 6.58 Å². The molecule has 0 aromatic carbocycles. The lowest BCUT2D eigenvalue weighted by atomic mass is 9.86. The minimum Gasteiger partial charge on any atom is -0.393 e. The Hall–Kier alpha value is -1.81. The standard InChI is InChI=1S/C12H16N2O7/c1-6-3-4-21-12(7(16)10(2,19)5-15)9(18)13-11(6,20)8(17)14-12/h15,19-20H,1,3-5H2,2H3,(H,13,18)(H,14,17)/t10-,11+,12?/m0/s1. The van der Waals surface area contributed by atoms with Gasteiger partial charge in [-0.05, 0) is 18.9 Å². The Morgan fingerprint density at radius 3 is 2.62 bits per heavy atom. The van der Waals surface area contributed by atoms with Crippen molar-refractivity contribution in [2.75, 3.05) is 13.2 Å². The fraction of sp³-hybridized carbons (Fsp3) is 0.583. The summed E-state index contributed by atoms with van der Waals surface area (Å²) in [5, 5.41) is 33.0. The molecular formula is C12H16N2O7. The lowest BCUT2D eigenvalue weighted by molar-refractivity contribution is -0.196. The van der Waals surface area contributed by atoms with E-state index in [1.54, 1.807) is 0 Å². The number of nitrogens with one attached hydrogen (secondary N) is 2. The average molecular weight is 300 g/mol. The van der Waals surface area contributed by atoms with Gasteiger partial charge in [0, 0.05) is 0 Å². The predicted octanol–water partition coefficient (Wildman–Crippen LogP) is -3.09. The Morgan fingerprint density at radius 1 is 1.43 bits per heavy atom. The van der Waals surface area contributed by atoms with E-state index in [1.165, 1.54) is 0 Å². The molecule has 0 radical (unpaired) electrons. The van der Waals surface area contributed by atoms with Gasteiger partial charge in [0.2, 0.25) is 11.5 Å². The van der Waals surface area contributed by atoms with E-state index in [1.807, 2.05) is 10.6 Å². The van der Waals surface area contributed by atoms with E-state index in [0.29, 0.717) is 0 Å². The molecule has 0 saturated carbocycles. The molecule has 3 heterocycles. The third kappa shape index (κ3) is 2.05. The Morgan fingerprint density at radius 2 is 2.05 bits per heavy atom. The first-order valence-electron chi connectivity index (χ1n) is 6.18. The van der Waals surface area contributed by atoms with Gasteiger partial charge in [0.25, 0.3) is 17.5 Å². The Bertz CT molecular complexity index is 544. The highest BCUT2D eigenvalue weighted by Crippen LogP contribution is 2.30. The number of ketones is 1. The van der Waals surface area contributed by atoms with E-state index < -0.39 is 41.3 Å². The van der Waals surface area contributed by atoms with Crippen LogP contribution in [-0.4, -0.2) is 63.2 Å². The van der Waals surface area contributed by atoms with Crippen molar-refractivity contribution in [1.29, 1.82) is 0 Å². The van der Waals surface area contributed by atoms with Crippen molar-refractivity contribution in [2.45, 2.75) is 30.4 Å². The summed E-state index contributed by atoms with van der Waals surface area (Å²) in [4.78, 5) is 36.5. The van der Waals surface area contributed by atoms with Crippen LogP contribution in [0, 0.1) is 0 Å². The van der Waals surface area contributed by atoms with Crippen molar-refractivity contribution in [2.24, 2.45) is 0 Å². The van der Waals surface area contributed by atoms with E-state index in [0.717, 1.165) is 6.92 Å². The molecule has 9 nitrogen and oxygen atoms in total. The predicted molar refractivity (Wildman–Crippen MR) is 66.4 cm³/mol. The number of hydrogen-bond acceptors (Lipinski definition) is 7. The molecule has 2 amide bonds. The highest BCUT2D eigenvalue weighted by molar-refractivity contribution is 6.18. The number of Topliss-reactive ketones (excluding diaryl/α,β-unsaturated/α-hetero) is 1. The number of aliphatic hydroxyl groups is 3. The van der Waals surface area contributed by atoms with Gasteiger partial charge in [-0.3, -0.25) is 14.4 Å². The van der Waals surface area contributed by atoms with Crippen LogP contribution in [0.15, 0.2) is 12.2 Å². The molecule has 3 fully saturated rings. The summed E-state index contributed by atoms with van der Waals surface area (Å²) in [5.74, 6) is -3.49. The highest BCUT2D eigenvalue weighted by atomic mass is 16.5. The maximum Gasteiger partial charge on any atom is 0.285 e. The normalized spacial score (nSPS) is 35.3.